The van der Waals surface area contributed by atoms with Gasteiger partial charge in [-0.1, -0.05) is 23.9 Å². The molecule has 74 valence electrons. The number of nitrogens with one attached hydrogen (secondary N) is 1. The molecule has 1 aromatic rings. The van der Waals surface area contributed by atoms with Crippen molar-refractivity contribution in [1.29, 1.82) is 0 Å². The van der Waals surface area contributed by atoms with E-state index < -0.39 is 0 Å². The van der Waals surface area contributed by atoms with Gasteiger partial charge in [0.2, 0.25) is 0 Å². The Morgan fingerprint density at radius 3 is 3.33 bits per heavy atom. The topological polar surface area (TPSA) is 15.3 Å². The van der Waals surface area contributed by atoms with Gasteiger partial charge in [-0.3, -0.25) is 0 Å². The van der Waals surface area contributed by atoms with Crippen LogP contribution in [0.3, 0.4) is 0 Å². The lowest BCUT2D eigenvalue weighted by Gasteiger charge is -2.35. The molecule has 0 amide bonds. The Kier molecular flexibility index (Phi) is 1.37. The first-order valence-corrected chi connectivity index (χ1v) is 6.03. The summed E-state index contributed by atoms with van der Waals surface area (Å²) >= 11 is 1.84. The normalized spacial score (nSPS) is 20.4. The highest BCUT2D eigenvalue weighted by Gasteiger charge is 2.32. The first-order chi connectivity index (χ1) is 7.43. The van der Waals surface area contributed by atoms with Crippen molar-refractivity contribution in [3.05, 3.63) is 46.0 Å². The summed E-state index contributed by atoms with van der Waals surface area (Å²) in [4.78, 5) is 2.40. The van der Waals surface area contributed by atoms with Crippen molar-refractivity contribution in [1.82, 2.24) is 0 Å². The standard InChI is InChI=1S/C12H10N2S/c1-2-8-4-5-11-14-9(7-15-11)6-13-10(3-1)12(8)14/h1-3,5,7,13H,4,6H2. The number of allylic oxidation sites excluding steroid dienone is 1. The van der Waals surface area contributed by atoms with Crippen LogP contribution in [0.25, 0.3) is 0 Å². The number of hydrogen-bond acceptors (Lipinski definition) is 3. The molecule has 1 aromatic carbocycles. The number of hydrogen-bond donors (Lipinski definition) is 1. The second kappa shape index (κ2) is 2.61. The molecule has 0 saturated heterocycles. The van der Waals surface area contributed by atoms with Crippen LogP contribution < -0.4 is 10.2 Å². The van der Waals surface area contributed by atoms with E-state index in [1.165, 1.54) is 27.7 Å². The van der Waals surface area contributed by atoms with Crippen LogP contribution in [0.4, 0.5) is 11.4 Å². The predicted octanol–water partition coefficient (Wildman–Crippen LogP) is 2.90. The minimum Gasteiger partial charge on any atom is -0.378 e. The molecule has 0 saturated carbocycles. The SMILES string of the molecule is C1=C2CNc3cccc4c3N2C(=CC4)S1. The fourth-order valence-electron chi connectivity index (χ4n) is 2.44. The lowest BCUT2D eigenvalue weighted by Crippen LogP contribution is -2.30. The number of benzene rings is 1. The van der Waals surface area contributed by atoms with Crippen LogP contribution in [0, 0.1) is 0 Å². The highest BCUT2D eigenvalue weighted by molar-refractivity contribution is 8.06. The summed E-state index contributed by atoms with van der Waals surface area (Å²) in [5, 5.41) is 7.11. The van der Waals surface area contributed by atoms with Gasteiger partial charge in [-0.2, -0.15) is 0 Å². The third kappa shape index (κ3) is 0.913. The lowest BCUT2D eigenvalue weighted by molar-refractivity contribution is 0.999. The molecule has 1 N–H and O–H groups in total. The third-order valence-electron chi connectivity index (χ3n) is 3.12. The number of rotatable bonds is 0. The van der Waals surface area contributed by atoms with Crippen molar-refractivity contribution in [2.24, 2.45) is 0 Å². The average Bonchev–Trinajstić information content (AvgIpc) is 2.71. The van der Waals surface area contributed by atoms with Crippen molar-refractivity contribution in [2.75, 3.05) is 16.8 Å². The number of anilines is 2. The van der Waals surface area contributed by atoms with Gasteiger partial charge in [0.1, 0.15) is 0 Å². The number of nitrogens with zero attached hydrogens (tertiary/aromatic N) is 1. The zero-order chi connectivity index (χ0) is 9.83. The number of para-hydroxylation sites is 1. The van der Waals surface area contributed by atoms with Crippen LogP contribution in [0.15, 0.2) is 40.4 Å². The molecule has 0 spiro atoms. The Balaban J connectivity index is 2.04. The molecule has 0 aliphatic carbocycles. The summed E-state index contributed by atoms with van der Waals surface area (Å²) < 4.78 is 0. The van der Waals surface area contributed by atoms with Crippen LogP contribution >= 0.6 is 11.8 Å². The fourth-order valence-corrected chi connectivity index (χ4v) is 3.37. The summed E-state index contributed by atoms with van der Waals surface area (Å²) in [6.45, 7) is 0.945. The summed E-state index contributed by atoms with van der Waals surface area (Å²) in [6.07, 6.45) is 3.39. The molecule has 3 aliphatic heterocycles. The van der Waals surface area contributed by atoms with Gasteiger partial charge in [-0.05, 0) is 29.5 Å². The maximum Gasteiger partial charge on any atom is 0.0803 e. The zero-order valence-electron chi connectivity index (χ0n) is 8.16. The second-order valence-corrected chi connectivity index (χ2v) is 4.87. The summed E-state index contributed by atoms with van der Waals surface area (Å²) in [7, 11) is 0. The van der Waals surface area contributed by atoms with Crippen molar-refractivity contribution < 1.29 is 0 Å². The Hall–Kier alpha value is -1.35. The van der Waals surface area contributed by atoms with E-state index in [9.17, 15) is 0 Å². The number of thioether (sulfide) groups is 1. The van der Waals surface area contributed by atoms with Gasteiger partial charge in [0.25, 0.3) is 0 Å². The van der Waals surface area contributed by atoms with Crippen molar-refractivity contribution >= 4 is 23.1 Å². The highest BCUT2D eigenvalue weighted by atomic mass is 32.2. The Labute approximate surface area is 92.7 Å². The first kappa shape index (κ1) is 7.88. The molecule has 3 heterocycles. The van der Waals surface area contributed by atoms with Crippen molar-refractivity contribution in [3.63, 3.8) is 0 Å². The van der Waals surface area contributed by atoms with Crippen molar-refractivity contribution in [3.8, 4) is 0 Å². The maximum absolute atomic E-state index is 3.48. The molecule has 4 rings (SSSR count). The smallest absolute Gasteiger partial charge is 0.0803 e. The van der Waals surface area contributed by atoms with Crippen LogP contribution in [0.2, 0.25) is 0 Å². The quantitative estimate of drug-likeness (QED) is 0.715. The molecule has 0 unspecified atom stereocenters. The van der Waals surface area contributed by atoms with E-state index in [1.54, 1.807) is 0 Å². The molecule has 15 heavy (non-hydrogen) atoms. The largest absolute Gasteiger partial charge is 0.378 e. The van der Waals surface area contributed by atoms with E-state index in [-0.39, 0.29) is 0 Å². The predicted molar refractivity (Wildman–Crippen MR) is 64.9 cm³/mol. The molecule has 0 atom stereocenters. The lowest BCUT2D eigenvalue weighted by atomic mass is 10.0. The molecule has 0 bridgehead atoms. The van der Waals surface area contributed by atoms with Gasteiger partial charge in [0.15, 0.2) is 0 Å². The summed E-state index contributed by atoms with van der Waals surface area (Å²) in [6, 6.07) is 6.53. The first-order valence-electron chi connectivity index (χ1n) is 5.15. The molecular formula is C12H10N2S. The average molecular weight is 214 g/mol. The van der Waals surface area contributed by atoms with Gasteiger partial charge in [-0.15, -0.1) is 0 Å². The Morgan fingerprint density at radius 1 is 1.33 bits per heavy atom. The minimum absolute atomic E-state index is 0.945. The Bertz CT molecular complexity index is 516. The molecule has 3 aliphatic rings. The van der Waals surface area contributed by atoms with Gasteiger partial charge in [0.05, 0.1) is 22.9 Å². The molecule has 0 fully saturated rings. The van der Waals surface area contributed by atoms with E-state index in [1.807, 2.05) is 11.8 Å². The van der Waals surface area contributed by atoms with E-state index in [0.29, 0.717) is 0 Å². The van der Waals surface area contributed by atoms with Crippen molar-refractivity contribution in [2.45, 2.75) is 6.42 Å². The van der Waals surface area contributed by atoms with Gasteiger partial charge in [0, 0.05) is 5.70 Å². The molecule has 0 aromatic heterocycles. The molecule has 2 nitrogen and oxygen atoms in total. The minimum atomic E-state index is 0.945. The Morgan fingerprint density at radius 2 is 2.33 bits per heavy atom. The van der Waals surface area contributed by atoms with Crippen LogP contribution in [-0.4, -0.2) is 6.54 Å². The van der Waals surface area contributed by atoms with E-state index in [2.05, 4.69) is 39.9 Å². The van der Waals surface area contributed by atoms with Crippen LogP contribution in [0.5, 0.6) is 0 Å². The van der Waals surface area contributed by atoms with E-state index >= 15 is 0 Å². The summed E-state index contributed by atoms with van der Waals surface area (Å²) in [5.41, 5.74) is 5.46. The fraction of sp³-hybridized carbons (Fsp3) is 0.167. The van der Waals surface area contributed by atoms with E-state index in [0.717, 1.165) is 13.0 Å². The van der Waals surface area contributed by atoms with Crippen LogP contribution in [0.1, 0.15) is 5.56 Å². The summed E-state index contributed by atoms with van der Waals surface area (Å²) in [5.74, 6) is 0. The molecule has 3 heteroatoms. The van der Waals surface area contributed by atoms with Gasteiger partial charge in [-0.25, -0.2) is 0 Å². The monoisotopic (exact) mass is 214 g/mol. The molecule has 0 radical (unpaired) electrons. The van der Waals surface area contributed by atoms with Crippen LogP contribution in [-0.2, 0) is 6.42 Å². The second-order valence-electron chi connectivity index (χ2n) is 3.98. The highest BCUT2D eigenvalue weighted by Crippen LogP contribution is 2.48. The van der Waals surface area contributed by atoms with E-state index in [4.69, 9.17) is 0 Å². The van der Waals surface area contributed by atoms with Gasteiger partial charge < -0.3 is 10.2 Å². The zero-order valence-corrected chi connectivity index (χ0v) is 8.97. The van der Waals surface area contributed by atoms with Gasteiger partial charge >= 0.3 is 0 Å². The third-order valence-corrected chi connectivity index (χ3v) is 4.10. The molecular weight excluding hydrogens is 204 g/mol. The maximum atomic E-state index is 3.48.